The topological polar surface area (TPSA) is 62.9 Å². The van der Waals surface area contributed by atoms with E-state index in [0.717, 1.165) is 55.8 Å². The molecule has 0 amide bonds. The first kappa shape index (κ1) is 19.7. The third kappa shape index (κ3) is 4.52. The zero-order valence-corrected chi connectivity index (χ0v) is 16.8. The van der Waals surface area contributed by atoms with E-state index in [0.29, 0.717) is 23.3 Å². The molecule has 1 aliphatic heterocycles. The highest BCUT2D eigenvalue weighted by Gasteiger charge is 2.16. The van der Waals surface area contributed by atoms with E-state index in [-0.39, 0.29) is 11.5 Å². The number of piperidine rings is 1. The van der Waals surface area contributed by atoms with Crippen molar-refractivity contribution < 1.29 is 14.3 Å². The third-order valence-electron chi connectivity index (χ3n) is 5.59. The Hall–Kier alpha value is -2.63. The SMILES string of the molecule is Cc1c(OCCCN2CCC(O)CC2)ccc2c(=O)cc(-c3ccccc3)oc12. The Bertz CT molecular complexity index is 1020. The van der Waals surface area contributed by atoms with Crippen LogP contribution in [0, 0.1) is 6.92 Å². The van der Waals surface area contributed by atoms with Gasteiger partial charge >= 0.3 is 0 Å². The van der Waals surface area contributed by atoms with Crippen LogP contribution >= 0.6 is 0 Å². The average molecular weight is 393 g/mol. The number of nitrogens with zero attached hydrogens (tertiary/aromatic N) is 1. The van der Waals surface area contributed by atoms with Crippen molar-refractivity contribution in [3.63, 3.8) is 0 Å². The number of benzene rings is 2. The number of likely N-dealkylation sites (tertiary alicyclic amines) is 1. The van der Waals surface area contributed by atoms with Crippen LogP contribution in [0.2, 0.25) is 0 Å². The molecule has 3 aromatic rings. The lowest BCUT2D eigenvalue weighted by Crippen LogP contribution is -2.36. The van der Waals surface area contributed by atoms with Crippen LogP contribution in [0.3, 0.4) is 0 Å². The summed E-state index contributed by atoms with van der Waals surface area (Å²) in [6, 6.07) is 14.8. The zero-order valence-electron chi connectivity index (χ0n) is 16.8. The van der Waals surface area contributed by atoms with Gasteiger partial charge in [0, 0.05) is 36.8 Å². The van der Waals surface area contributed by atoms with Crippen LogP contribution in [-0.2, 0) is 0 Å². The summed E-state index contributed by atoms with van der Waals surface area (Å²) in [6.07, 6.45) is 2.49. The van der Waals surface area contributed by atoms with Gasteiger partial charge in [0.25, 0.3) is 0 Å². The van der Waals surface area contributed by atoms with Crippen molar-refractivity contribution in [2.45, 2.75) is 32.3 Å². The molecule has 5 heteroatoms. The molecule has 4 rings (SSSR count). The Balaban J connectivity index is 1.47. The van der Waals surface area contributed by atoms with E-state index in [1.165, 1.54) is 0 Å². The Morgan fingerprint density at radius 2 is 1.90 bits per heavy atom. The van der Waals surface area contributed by atoms with Gasteiger partial charge in [0.15, 0.2) is 5.43 Å². The van der Waals surface area contributed by atoms with Crippen LogP contribution < -0.4 is 10.2 Å². The van der Waals surface area contributed by atoms with Crippen LogP contribution in [0.4, 0.5) is 0 Å². The molecule has 2 aromatic carbocycles. The number of aliphatic hydroxyl groups excluding tert-OH is 1. The monoisotopic (exact) mass is 393 g/mol. The maximum absolute atomic E-state index is 12.6. The van der Waals surface area contributed by atoms with E-state index in [2.05, 4.69) is 4.90 Å². The second kappa shape index (κ2) is 8.80. The van der Waals surface area contributed by atoms with E-state index in [9.17, 15) is 9.90 Å². The highest BCUT2D eigenvalue weighted by Crippen LogP contribution is 2.29. The largest absolute Gasteiger partial charge is 0.493 e. The van der Waals surface area contributed by atoms with Gasteiger partial charge in [-0.25, -0.2) is 0 Å². The first-order valence-electron chi connectivity index (χ1n) is 10.3. The third-order valence-corrected chi connectivity index (χ3v) is 5.59. The summed E-state index contributed by atoms with van der Waals surface area (Å²) in [5.41, 5.74) is 2.26. The van der Waals surface area contributed by atoms with Crippen molar-refractivity contribution in [2.75, 3.05) is 26.2 Å². The van der Waals surface area contributed by atoms with Crippen molar-refractivity contribution in [3.05, 3.63) is 64.3 Å². The number of ether oxygens (including phenoxy) is 1. The van der Waals surface area contributed by atoms with Gasteiger partial charge in [0.1, 0.15) is 17.1 Å². The van der Waals surface area contributed by atoms with E-state index >= 15 is 0 Å². The molecule has 1 N–H and O–H groups in total. The van der Waals surface area contributed by atoms with Crippen molar-refractivity contribution in [3.8, 4) is 17.1 Å². The number of aliphatic hydroxyl groups is 1. The zero-order chi connectivity index (χ0) is 20.2. The molecule has 0 saturated carbocycles. The Morgan fingerprint density at radius 3 is 2.66 bits per heavy atom. The molecule has 0 spiro atoms. The maximum Gasteiger partial charge on any atom is 0.193 e. The Kier molecular flexibility index (Phi) is 5.97. The average Bonchev–Trinajstić information content (AvgIpc) is 2.75. The van der Waals surface area contributed by atoms with Gasteiger partial charge in [-0.15, -0.1) is 0 Å². The number of hydrogen-bond donors (Lipinski definition) is 1. The molecule has 0 unspecified atom stereocenters. The fourth-order valence-corrected chi connectivity index (χ4v) is 3.85. The minimum absolute atomic E-state index is 0.0490. The predicted molar refractivity (Wildman–Crippen MR) is 114 cm³/mol. The van der Waals surface area contributed by atoms with Crippen molar-refractivity contribution in [2.24, 2.45) is 0 Å². The standard InChI is InChI=1S/C24H27NO4/c1-17-22(28-15-5-12-25-13-10-19(26)11-14-25)9-8-20-21(27)16-23(29-24(17)20)18-6-3-2-4-7-18/h2-4,6-9,16,19,26H,5,10-15H2,1H3. The van der Waals surface area contributed by atoms with Crippen LogP contribution in [0.5, 0.6) is 5.75 Å². The molecule has 152 valence electrons. The van der Waals surface area contributed by atoms with E-state index in [1.807, 2.05) is 43.3 Å². The van der Waals surface area contributed by atoms with Crippen LogP contribution in [0.1, 0.15) is 24.8 Å². The Morgan fingerprint density at radius 1 is 1.14 bits per heavy atom. The first-order chi connectivity index (χ1) is 14.1. The van der Waals surface area contributed by atoms with Crippen molar-refractivity contribution in [1.29, 1.82) is 0 Å². The van der Waals surface area contributed by atoms with Crippen LogP contribution in [0.15, 0.2) is 57.7 Å². The minimum atomic E-state index is -0.141. The van der Waals surface area contributed by atoms with Gasteiger partial charge < -0.3 is 19.2 Å². The molecule has 1 fully saturated rings. The second-order valence-corrected chi connectivity index (χ2v) is 7.68. The lowest BCUT2D eigenvalue weighted by molar-refractivity contribution is 0.0800. The van der Waals surface area contributed by atoms with E-state index in [1.54, 1.807) is 12.1 Å². The quantitative estimate of drug-likeness (QED) is 0.642. The molecule has 1 aliphatic rings. The minimum Gasteiger partial charge on any atom is -0.493 e. The van der Waals surface area contributed by atoms with Crippen LogP contribution in [-0.4, -0.2) is 42.4 Å². The number of aryl methyl sites for hydroxylation is 1. The number of hydrogen-bond acceptors (Lipinski definition) is 5. The summed E-state index contributed by atoms with van der Waals surface area (Å²) in [5.74, 6) is 1.32. The van der Waals surface area contributed by atoms with E-state index < -0.39 is 0 Å². The molecule has 1 saturated heterocycles. The van der Waals surface area contributed by atoms with Gasteiger partial charge in [-0.1, -0.05) is 30.3 Å². The number of rotatable bonds is 6. The molecule has 0 aliphatic carbocycles. The highest BCUT2D eigenvalue weighted by molar-refractivity contribution is 5.83. The predicted octanol–water partition coefficient (Wildman–Crippen LogP) is 3.99. The fraction of sp³-hybridized carbons (Fsp3) is 0.375. The first-order valence-corrected chi connectivity index (χ1v) is 10.3. The summed E-state index contributed by atoms with van der Waals surface area (Å²) in [4.78, 5) is 14.9. The molecular weight excluding hydrogens is 366 g/mol. The fourth-order valence-electron chi connectivity index (χ4n) is 3.85. The summed E-state index contributed by atoms with van der Waals surface area (Å²) in [7, 11) is 0. The van der Waals surface area contributed by atoms with Gasteiger partial charge in [-0.05, 0) is 38.3 Å². The van der Waals surface area contributed by atoms with E-state index in [4.69, 9.17) is 9.15 Å². The molecule has 0 bridgehead atoms. The molecule has 1 aromatic heterocycles. The van der Waals surface area contributed by atoms with Crippen molar-refractivity contribution in [1.82, 2.24) is 4.90 Å². The Labute approximate surface area is 170 Å². The summed E-state index contributed by atoms with van der Waals surface area (Å²) < 4.78 is 12.1. The lowest BCUT2D eigenvalue weighted by Gasteiger charge is -2.29. The van der Waals surface area contributed by atoms with Crippen molar-refractivity contribution >= 4 is 11.0 Å². The highest BCUT2D eigenvalue weighted by atomic mass is 16.5. The van der Waals surface area contributed by atoms with Crippen LogP contribution in [0.25, 0.3) is 22.3 Å². The van der Waals surface area contributed by atoms with Gasteiger partial charge in [0.05, 0.1) is 18.1 Å². The summed E-state index contributed by atoms with van der Waals surface area (Å²) in [6.45, 7) is 5.40. The molecular formula is C24H27NO4. The van der Waals surface area contributed by atoms with Gasteiger partial charge in [-0.3, -0.25) is 4.79 Å². The molecule has 29 heavy (non-hydrogen) atoms. The van der Waals surface area contributed by atoms with Gasteiger partial charge in [-0.2, -0.15) is 0 Å². The number of fused-ring (bicyclic) bond motifs is 1. The molecule has 0 radical (unpaired) electrons. The molecule has 2 heterocycles. The molecule has 0 atom stereocenters. The summed E-state index contributed by atoms with van der Waals surface area (Å²) >= 11 is 0. The normalized spacial score (nSPS) is 15.7. The summed E-state index contributed by atoms with van der Waals surface area (Å²) in [5, 5.41) is 10.2. The molecule has 5 nitrogen and oxygen atoms in total. The van der Waals surface area contributed by atoms with Gasteiger partial charge in [0.2, 0.25) is 0 Å². The lowest BCUT2D eigenvalue weighted by atomic mass is 10.1. The maximum atomic E-state index is 12.6. The smallest absolute Gasteiger partial charge is 0.193 e. The second-order valence-electron chi connectivity index (χ2n) is 7.68.